The number of carbonyl (C=O) groups is 1. The van der Waals surface area contributed by atoms with Gasteiger partial charge in [-0.25, -0.2) is 0 Å². The molecule has 1 N–H and O–H groups in total. The van der Waals surface area contributed by atoms with Crippen LogP contribution in [0.3, 0.4) is 0 Å². The van der Waals surface area contributed by atoms with Crippen molar-refractivity contribution in [3.8, 4) is 0 Å². The number of piperidine rings is 1. The molecule has 138 valence electrons. The molecular formula is C17H31N3O3S. The SMILES string of the molecule is CCNC(=NCC1(SC)CCOCC1)N1CCC(C(=O)OC)CC1. The quantitative estimate of drug-likeness (QED) is 0.459. The van der Waals surface area contributed by atoms with Crippen molar-refractivity contribution < 1.29 is 14.3 Å². The first kappa shape index (κ1) is 19.4. The van der Waals surface area contributed by atoms with E-state index in [1.54, 1.807) is 0 Å². The number of methoxy groups -OCH3 is 1. The molecule has 0 aromatic rings. The summed E-state index contributed by atoms with van der Waals surface area (Å²) in [5.74, 6) is 0.919. The number of hydrogen-bond acceptors (Lipinski definition) is 5. The summed E-state index contributed by atoms with van der Waals surface area (Å²) in [7, 11) is 1.47. The molecule has 6 nitrogen and oxygen atoms in total. The second-order valence-corrected chi connectivity index (χ2v) is 7.73. The number of nitrogens with zero attached hydrogens (tertiary/aromatic N) is 2. The lowest BCUT2D eigenvalue weighted by Gasteiger charge is -2.36. The fourth-order valence-electron chi connectivity index (χ4n) is 3.31. The number of ether oxygens (including phenoxy) is 2. The molecule has 0 unspecified atom stereocenters. The third-order valence-electron chi connectivity index (χ3n) is 5.02. The van der Waals surface area contributed by atoms with Crippen molar-refractivity contribution in [3.63, 3.8) is 0 Å². The predicted octanol–water partition coefficient (Wildman–Crippen LogP) is 1.75. The van der Waals surface area contributed by atoms with Gasteiger partial charge in [-0.15, -0.1) is 0 Å². The fraction of sp³-hybridized carbons (Fsp3) is 0.882. The third kappa shape index (κ3) is 5.02. The van der Waals surface area contributed by atoms with Crippen LogP contribution < -0.4 is 5.32 Å². The van der Waals surface area contributed by atoms with E-state index in [2.05, 4.69) is 23.4 Å². The number of carbonyl (C=O) groups excluding carboxylic acids is 1. The summed E-state index contributed by atoms with van der Waals surface area (Å²) in [6, 6.07) is 0. The summed E-state index contributed by atoms with van der Waals surface area (Å²) in [6.45, 7) is 7.12. The zero-order valence-electron chi connectivity index (χ0n) is 15.2. The zero-order chi connectivity index (χ0) is 17.4. The Morgan fingerprint density at radius 3 is 2.58 bits per heavy atom. The minimum atomic E-state index is -0.0832. The van der Waals surface area contributed by atoms with Crippen molar-refractivity contribution in [3.05, 3.63) is 0 Å². The molecule has 0 spiro atoms. The van der Waals surface area contributed by atoms with Gasteiger partial charge < -0.3 is 19.7 Å². The fourth-order valence-corrected chi connectivity index (χ4v) is 4.08. The average molecular weight is 358 g/mol. The van der Waals surface area contributed by atoms with Crippen LogP contribution in [0.4, 0.5) is 0 Å². The van der Waals surface area contributed by atoms with E-state index < -0.39 is 0 Å². The van der Waals surface area contributed by atoms with Crippen molar-refractivity contribution in [2.24, 2.45) is 10.9 Å². The Kier molecular flexibility index (Phi) is 7.68. The molecule has 0 radical (unpaired) electrons. The molecule has 7 heteroatoms. The van der Waals surface area contributed by atoms with Gasteiger partial charge in [0.2, 0.25) is 0 Å². The van der Waals surface area contributed by atoms with Crippen LogP contribution in [-0.4, -0.2) is 74.3 Å². The highest BCUT2D eigenvalue weighted by Gasteiger charge is 2.32. The van der Waals surface area contributed by atoms with Gasteiger partial charge in [0.15, 0.2) is 5.96 Å². The van der Waals surface area contributed by atoms with E-state index in [4.69, 9.17) is 14.5 Å². The number of esters is 1. The topological polar surface area (TPSA) is 63.2 Å². The number of guanidine groups is 1. The van der Waals surface area contributed by atoms with Gasteiger partial charge in [0.25, 0.3) is 0 Å². The van der Waals surface area contributed by atoms with Crippen molar-refractivity contribution in [2.75, 3.05) is 52.8 Å². The number of likely N-dealkylation sites (tertiary alicyclic amines) is 1. The maximum atomic E-state index is 11.7. The van der Waals surface area contributed by atoms with E-state index in [-0.39, 0.29) is 16.6 Å². The van der Waals surface area contributed by atoms with Crippen molar-refractivity contribution in [1.29, 1.82) is 0 Å². The third-order valence-corrected chi connectivity index (χ3v) is 6.42. The molecule has 0 aromatic heterocycles. The van der Waals surface area contributed by atoms with E-state index in [1.165, 1.54) is 7.11 Å². The first-order chi connectivity index (χ1) is 11.6. The van der Waals surface area contributed by atoms with Gasteiger partial charge in [-0.05, 0) is 38.9 Å². The molecule has 2 rings (SSSR count). The molecule has 2 aliphatic heterocycles. The average Bonchev–Trinajstić information content (AvgIpc) is 2.65. The molecule has 2 aliphatic rings. The van der Waals surface area contributed by atoms with Crippen LogP contribution in [0.1, 0.15) is 32.6 Å². The lowest BCUT2D eigenvalue weighted by molar-refractivity contribution is -0.146. The maximum Gasteiger partial charge on any atom is 0.308 e. The monoisotopic (exact) mass is 357 g/mol. The van der Waals surface area contributed by atoms with Crippen LogP contribution in [0.5, 0.6) is 0 Å². The van der Waals surface area contributed by atoms with Crippen molar-refractivity contribution in [1.82, 2.24) is 10.2 Å². The predicted molar refractivity (Wildman–Crippen MR) is 98.6 cm³/mol. The molecule has 0 amide bonds. The number of aliphatic imine (C=N–C) groups is 1. The van der Waals surface area contributed by atoms with E-state index >= 15 is 0 Å². The van der Waals surface area contributed by atoms with Gasteiger partial charge in [-0.1, -0.05) is 0 Å². The van der Waals surface area contributed by atoms with Crippen molar-refractivity contribution in [2.45, 2.75) is 37.4 Å². The van der Waals surface area contributed by atoms with Gasteiger partial charge in [-0.3, -0.25) is 9.79 Å². The van der Waals surface area contributed by atoms with Crippen molar-refractivity contribution >= 4 is 23.7 Å². The first-order valence-electron chi connectivity index (χ1n) is 8.88. The summed E-state index contributed by atoms with van der Waals surface area (Å²) >= 11 is 1.91. The molecule has 0 aromatic carbocycles. The van der Waals surface area contributed by atoms with Crippen LogP contribution >= 0.6 is 11.8 Å². The van der Waals surface area contributed by atoms with E-state index in [0.717, 1.165) is 71.0 Å². The van der Waals surface area contributed by atoms with E-state index in [9.17, 15) is 4.79 Å². The summed E-state index contributed by atoms with van der Waals surface area (Å²) in [6.07, 6.45) is 5.95. The summed E-state index contributed by atoms with van der Waals surface area (Å²) in [4.78, 5) is 18.9. The lowest BCUT2D eigenvalue weighted by atomic mass is 9.97. The maximum absolute atomic E-state index is 11.7. The van der Waals surface area contributed by atoms with Gasteiger partial charge in [0.05, 0.1) is 19.6 Å². The van der Waals surface area contributed by atoms with Gasteiger partial charge >= 0.3 is 5.97 Å². The molecule has 24 heavy (non-hydrogen) atoms. The number of thioether (sulfide) groups is 1. The molecular weight excluding hydrogens is 326 g/mol. The largest absolute Gasteiger partial charge is 0.469 e. The van der Waals surface area contributed by atoms with Crippen LogP contribution in [0.25, 0.3) is 0 Å². The van der Waals surface area contributed by atoms with Crippen LogP contribution in [0.2, 0.25) is 0 Å². The highest BCUT2D eigenvalue weighted by Crippen LogP contribution is 2.34. The second-order valence-electron chi connectivity index (χ2n) is 6.45. The Balaban J connectivity index is 1.97. The lowest BCUT2D eigenvalue weighted by Crippen LogP contribution is -2.47. The van der Waals surface area contributed by atoms with Gasteiger partial charge in [-0.2, -0.15) is 11.8 Å². The van der Waals surface area contributed by atoms with Gasteiger partial charge in [0.1, 0.15) is 0 Å². The standard InChI is InChI=1S/C17H31N3O3S/c1-4-18-16(19-13-17(24-3)7-11-23-12-8-17)20-9-5-14(6-10-20)15(21)22-2/h14H,4-13H2,1-3H3,(H,18,19). The highest BCUT2D eigenvalue weighted by atomic mass is 32.2. The number of rotatable bonds is 5. The zero-order valence-corrected chi connectivity index (χ0v) is 16.0. The molecule has 0 saturated carbocycles. The Hall–Kier alpha value is -0.950. The second kappa shape index (κ2) is 9.51. The molecule has 2 fully saturated rings. The minimum absolute atomic E-state index is 0.0298. The Labute approximate surface area is 149 Å². The van der Waals surface area contributed by atoms with Crippen LogP contribution in [0.15, 0.2) is 4.99 Å². The number of nitrogens with one attached hydrogen (secondary N) is 1. The minimum Gasteiger partial charge on any atom is -0.469 e. The first-order valence-corrected chi connectivity index (χ1v) is 10.1. The molecule has 0 bridgehead atoms. The Bertz CT molecular complexity index is 431. The normalized spacial score (nSPS) is 22.3. The summed E-state index contributed by atoms with van der Waals surface area (Å²) in [5.41, 5.74) is 0. The van der Waals surface area contributed by atoms with Crippen LogP contribution in [0, 0.1) is 5.92 Å². The smallest absolute Gasteiger partial charge is 0.308 e. The highest BCUT2D eigenvalue weighted by molar-refractivity contribution is 8.00. The van der Waals surface area contributed by atoms with E-state index in [0.29, 0.717) is 0 Å². The van der Waals surface area contributed by atoms with Gasteiger partial charge in [0, 0.05) is 37.6 Å². The molecule has 0 aliphatic carbocycles. The Morgan fingerprint density at radius 2 is 2.04 bits per heavy atom. The summed E-state index contributed by atoms with van der Waals surface area (Å²) < 4.78 is 10.6. The molecule has 0 atom stereocenters. The molecule has 2 heterocycles. The Morgan fingerprint density at radius 1 is 1.38 bits per heavy atom. The summed E-state index contributed by atoms with van der Waals surface area (Å²) in [5, 5.41) is 3.41. The number of hydrogen-bond donors (Lipinski definition) is 1. The molecule has 2 saturated heterocycles. The van der Waals surface area contributed by atoms with Crippen LogP contribution in [-0.2, 0) is 14.3 Å². The van der Waals surface area contributed by atoms with E-state index in [1.807, 2.05) is 11.8 Å².